The van der Waals surface area contributed by atoms with E-state index >= 15 is 0 Å². The number of nitrogens with two attached hydrogens (primary N) is 1. The van der Waals surface area contributed by atoms with E-state index in [-0.39, 0.29) is 5.91 Å². The SMILES string of the molecule is CCNC(C)(CCCN1CCCC(CC)C1)C(N)=O. The van der Waals surface area contributed by atoms with Gasteiger partial charge in [0.2, 0.25) is 5.91 Å². The Morgan fingerprint density at radius 2 is 2.21 bits per heavy atom. The number of carbonyl (C=O) groups excluding carboxylic acids is 1. The fourth-order valence-electron chi connectivity index (χ4n) is 3.03. The quantitative estimate of drug-likeness (QED) is 0.706. The molecule has 1 amide bonds. The van der Waals surface area contributed by atoms with Crippen LogP contribution in [0.15, 0.2) is 0 Å². The predicted octanol–water partition coefficient (Wildman–Crippen LogP) is 1.74. The Bertz CT molecular complexity index is 283. The predicted molar refractivity (Wildman–Crippen MR) is 80.0 cm³/mol. The van der Waals surface area contributed by atoms with E-state index in [0.717, 1.165) is 31.8 Å². The number of likely N-dealkylation sites (N-methyl/N-ethyl adjacent to an activating group) is 1. The summed E-state index contributed by atoms with van der Waals surface area (Å²) in [6.07, 6.45) is 5.83. The first-order chi connectivity index (χ1) is 9.01. The van der Waals surface area contributed by atoms with Gasteiger partial charge in [0.05, 0.1) is 5.54 Å². The molecule has 1 aliphatic heterocycles. The molecule has 0 saturated carbocycles. The van der Waals surface area contributed by atoms with Crippen LogP contribution in [0.4, 0.5) is 0 Å². The molecule has 0 radical (unpaired) electrons. The first-order valence-corrected chi connectivity index (χ1v) is 7.79. The Labute approximate surface area is 118 Å². The second-order valence-electron chi connectivity index (χ2n) is 6.05. The molecule has 0 aromatic carbocycles. The van der Waals surface area contributed by atoms with Gasteiger partial charge in [0, 0.05) is 6.54 Å². The third kappa shape index (κ3) is 5.11. The molecule has 3 N–H and O–H groups in total. The van der Waals surface area contributed by atoms with Gasteiger partial charge in [-0.3, -0.25) is 4.79 Å². The highest BCUT2D eigenvalue weighted by Gasteiger charge is 2.29. The molecule has 1 fully saturated rings. The topological polar surface area (TPSA) is 58.4 Å². The highest BCUT2D eigenvalue weighted by atomic mass is 16.1. The second-order valence-corrected chi connectivity index (χ2v) is 6.05. The van der Waals surface area contributed by atoms with E-state index in [2.05, 4.69) is 17.1 Å². The van der Waals surface area contributed by atoms with Crippen LogP contribution in [0.1, 0.15) is 52.9 Å². The maximum atomic E-state index is 11.5. The molecule has 19 heavy (non-hydrogen) atoms. The van der Waals surface area contributed by atoms with Crippen molar-refractivity contribution in [1.82, 2.24) is 10.2 Å². The van der Waals surface area contributed by atoms with Crippen molar-refractivity contribution in [2.45, 2.75) is 58.4 Å². The number of piperidine rings is 1. The molecule has 1 rings (SSSR count). The molecule has 2 atom stereocenters. The van der Waals surface area contributed by atoms with Crippen molar-refractivity contribution < 1.29 is 4.79 Å². The number of hydrogen-bond acceptors (Lipinski definition) is 3. The minimum absolute atomic E-state index is 0.237. The van der Waals surface area contributed by atoms with Gasteiger partial charge < -0.3 is 16.0 Å². The van der Waals surface area contributed by atoms with Crippen molar-refractivity contribution in [3.63, 3.8) is 0 Å². The van der Waals surface area contributed by atoms with Crippen LogP contribution in [0, 0.1) is 5.92 Å². The first kappa shape index (κ1) is 16.4. The van der Waals surface area contributed by atoms with Crippen molar-refractivity contribution in [3.8, 4) is 0 Å². The maximum Gasteiger partial charge on any atom is 0.237 e. The molecule has 4 nitrogen and oxygen atoms in total. The fourth-order valence-corrected chi connectivity index (χ4v) is 3.03. The van der Waals surface area contributed by atoms with Crippen LogP contribution in [0.2, 0.25) is 0 Å². The average molecular weight is 269 g/mol. The normalized spacial score (nSPS) is 24.1. The van der Waals surface area contributed by atoms with Crippen molar-refractivity contribution in [2.75, 3.05) is 26.2 Å². The third-order valence-corrected chi connectivity index (χ3v) is 4.44. The summed E-state index contributed by atoms with van der Waals surface area (Å²) in [6, 6.07) is 0. The zero-order valence-corrected chi connectivity index (χ0v) is 12.9. The van der Waals surface area contributed by atoms with Gasteiger partial charge in [-0.15, -0.1) is 0 Å². The number of rotatable bonds is 8. The highest BCUT2D eigenvalue weighted by molar-refractivity contribution is 5.84. The summed E-state index contributed by atoms with van der Waals surface area (Å²) in [5.41, 5.74) is 4.96. The van der Waals surface area contributed by atoms with Gasteiger partial charge >= 0.3 is 0 Å². The van der Waals surface area contributed by atoms with E-state index in [1.807, 2.05) is 13.8 Å². The van der Waals surface area contributed by atoms with Gasteiger partial charge in [0.1, 0.15) is 0 Å². The van der Waals surface area contributed by atoms with E-state index < -0.39 is 5.54 Å². The van der Waals surface area contributed by atoms with Crippen LogP contribution >= 0.6 is 0 Å². The van der Waals surface area contributed by atoms with E-state index in [9.17, 15) is 4.79 Å². The molecular weight excluding hydrogens is 238 g/mol. The zero-order valence-electron chi connectivity index (χ0n) is 12.9. The monoisotopic (exact) mass is 269 g/mol. The number of likely N-dealkylation sites (tertiary alicyclic amines) is 1. The first-order valence-electron chi connectivity index (χ1n) is 7.79. The van der Waals surface area contributed by atoms with Gasteiger partial charge in [-0.25, -0.2) is 0 Å². The average Bonchev–Trinajstić information content (AvgIpc) is 2.39. The lowest BCUT2D eigenvalue weighted by Crippen LogP contribution is -2.53. The van der Waals surface area contributed by atoms with Crippen LogP contribution in [-0.2, 0) is 4.79 Å². The molecule has 112 valence electrons. The van der Waals surface area contributed by atoms with Crippen LogP contribution in [0.25, 0.3) is 0 Å². The molecule has 1 heterocycles. The van der Waals surface area contributed by atoms with Crippen LogP contribution in [-0.4, -0.2) is 42.5 Å². The number of primary amides is 1. The summed E-state index contributed by atoms with van der Waals surface area (Å²) in [5, 5.41) is 3.22. The van der Waals surface area contributed by atoms with Gasteiger partial charge in [-0.05, 0) is 58.2 Å². The van der Waals surface area contributed by atoms with Crippen LogP contribution in [0.3, 0.4) is 0 Å². The molecule has 0 aromatic heterocycles. The molecular formula is C15H31N3O. The molecule has 4 heteroatoms. The maximum absolute atomic E-state index is 11.5. The minimum Gasteiger partial charge on any atom is -0.368 e. The van der Waals surface area contributed by atoms with E-state index in [1.54, 1.807) is 0 Å². The molecule has 0 spiro atoms. The van der Waals surface area contributed by atoms with Crippen LogP contribution < -0.4 is 11.1 Å². The fraction of sp³-hybridized carbons (Fsp3) is 0.933. The number of nitrogens with zero attached hydrogens (tertiary/aromatic N) is 1. The van der Waals surface area contributed by atoms with Gasteiger partial charge in [0.25, 0.3) is 0 Å². The van der Waals surface area contributed by atoms with E-state index in [4.69, 9.17) is 5.73 Å². The summed E-state index contributed by atoms with van der Waals surface area (Å²) >= 11 is 0. The number of carbonyl (C=O) groups is 1. The Kier molecular flexibility index (Phi) is 6.80. The van der Waals surface area contributed by atoms with Gasteiger partial charge in [-0.2, -0.15) is 0 Å². The molecule has 1 aliphatic rings. The number of nitrogens with one attached hydrogen (secondary N) is 1. The zero-order chi connectivity index (χ0) is 14.3. The second kappa shape index (κ2) is 7.85. The van der Waals surface area contributed by atoms with Crippen molar-refractivity contribution in [1.29, 1.82) is 0 Å². The summed E-state index contributed by atoms with van der Waals surface area (Å²) < 4.78 is 0. The van der Waals surface area contributed by atoms with Crippen molar-refractivity contribution in [2.24, 2.45) is 11.7 Å². The van der Waals surface area contributed by atoms with E-state index in [1.165, 1.54) is 32.4 Å². The Morgan fingerprint density at radius 3 is 2.79 bits per heavy atom. The number of amides is 1. The van der Waals surface area contributed by atoms with Crippen LogP contribution in [0.5, 0.6) is 0 Å². The Hall–Kier alpha value is -0.610. The summed E-state index contributed by atoms with van der Waals surface area (Å²) in [5.74, 6) is 0.629. The Balaban J connectivity index is 2.33. The Morgan fingerprint density at radius 1 is 1.47 bits per heavy atom. The number of hydrogen-bond donors (Lipinski definition) is 2. The smallest absolute Gasteiger partial charge is 0.237 e. The highest BCUT2D eigenvalue weighted by Crippen LogP contribution is 2.20. The molecule has 2 unspecified atom stereocenters. The summed E-state index contributed by atoms with van der Waals surface area (Å²) in [7, 11) is 0. The largest absolute Gasteiger partial charge is 0.368 e. The minimum atomic E-state index is -0.547. The standard InChI is InChI=1S/C15H31N3O/c1-4-13-8-6-10-18(12-13)11-7-9-15(3,14(16)19)17-5-2/h13,17H,4-12H2,1-3H3,(H2,16,19). The lowest BCUT2D eigenvalue weighted by Gasteiger charge is -2.33. The molecule has 0 aliphatic carbocycles. The molecule has 1 saturated heterocycles. The summed E-state index contributed by atoms with van der Waals surface area (Å²) in [6.45, 7) is 10.5. The molecule has 0 aromatic rings. The van der Waals surface area contributed by atoms with Gasteiger partial charge in [0.15, 0.2) is 0 Å². The van der Waals surface area contributed by atoms with Crippen molar-refractivity contribution >= 4 is 5.91 Å². The van der Waals surface area contributed by atoms with Gasteiger partial charge in [-0.1, -0.05) is 20.3 Å². The molecule has 0 bridgehead atoms. The third-order valence-electron chi connectivity index (χ3n) is 4.44. The van der Waals surface area contributed by atoms with E-state index in [0.29, 0.717) is 0 Å². The lowest BCUT2D eigenvalue weighted by atomic mass is 9.93. The summed E-state index contributed by atoms with van der Waals surface area (Å²) in [4.78, 5) is 14.1. The lowest BCUT2D eigenvalue weighted by molar-refractivity contribution is -0.124. The van der Waals surface area contributed by atoms with Crippen molar-refractivity contribution in [3.05, 3.63) is 0 Å².